The van der Waals surface area contributed by atoms with Crippen LogP contribution in [0.3, 0.4) is 0 Å². The van der Waals surface area contributed by atoms with Crippen molar-refractivity contribution in [3.63, 3.8) is 0 Å². The van der Waals surface area contributed by atoms with E-state index in [4.69, 9.17) is 11.6 Å². The summed E-state index contributed by atoms with van der Waals surface area (Å²) in [5, 5.41) is 8.49. The van der Waals surface area contributed by atoms with Gasteiger partial charge in [0.1, 0.15) is 12.0 Å². The van der Waals surface area contributed by atoms with E-state index in [1.807, 2.05) is 0 Å². The van der Waals surface area contributed by atoms with Gasteiger partial charge in [0.2, 0.25) is 0 Å². The van der Waals surface area contributed by atoms with Crippen molar-refractivity contribution in [2.24, 2.45) is 0 Å². The molecule has 0 atom stereocenters. The highest BCUT2D eigenvalue weighted by molar-refractivity contribution is 6.30. The van der Waals surface area contributed by atoms with Gasteiger partial charge in [-0.3, -0.25) is 4.57 Å². The molecule has 2 aromatic carbocycles. The van der Waals surface area contributed by atoms with E-state index in [1.165, 1.54) is 16.9 Å². The van der Waals surface area contributed by atoms with Crippen LogP contribution in [0.15, 0.2) is 55.0 Å². The van der Waals surface area contributed by atoms with Crippen molar-refractivity contribution in [2.75, 3.05) is 0 Å². The minimum Gasteiger partial charge on any atom is -0.299 e. The Balaban J connectivity index is 1.65. The molecule has 0 amide bonds. The summed E-state index contributed by atoms with van der Waals surface area (Å²) in [5.74, 6) is 6.09. The van der Waals surface area contributed by atoms with E-state index in [1.54, 1.807) is 35.2 Å². The van der Waals surface area contributed by atoms with E-state index in [2.05, 4.69) is 27.1 Å². The zero-order chi connectivity index (χ0) is 20.9. The van der Waals surface area contributed by atoms with Crippen LogP contribution in [0.4, 0.5) is 13.2 Å². The lowest BCUT2D eigenvalue weighted by Gasteiger charge is -2.13. The first-order valence-corrected chi connectivity index (χ1v) is 9.23. The second kappa shape index (κ2) is 6.75. The molecule has 1 aliphatic rings. The van der Waals surface area contributed by atoms with Crippen LogP contribution >= 0.6 is 11.6 Å². The summed E-state index contributed by atoms with van der Waals surface area (Å²) in [6, 6.07) is 10.6. The van der Waals surface area contributed by atoms with E-state index >= 15 is 0 Å². The number of alkyl halides is 3. The normalized spacial score (nSPS) is 12.3. The molecule has 0 aliphatic carbocycles. The van der Waals surface area contributed by atoms with Gasteiger partial charge >= 0.3 is 6.18 Å². The van der Waals surface area contributed by atoms with Crippen LogP contribution in [-0.2, 0) is 12.6 Å². The smallest absolute Gasteiger partial charge is 0.299 e. The Morgan fingerprint density at radius 1 is 1.00 bits per heavy atom. The van der Waals surface area contributed by atoms with Crippen molar-refractivity contribution in [3.8, 4) is 23.2 Å². The summed E-state index contributed by atoms with van der Waals surface area (Å²) in [6.45, 7) is 0. The average Bonchev–Trinajstić information content (AvgIpc) is 3.31. The highest BCUT2D eigenvalue weighted by Crippen LogP contribution is 2.35. The average molecular weight is 426 g/mol. The fourth-order valence-electron chi connectivity index (χ4n) is 3.34. The van der Waals surface area contributed by atoms with Crippen LogP contribution in [0.25, 0.3) is 11.4 Å². The number of fused-ring (bicyclic) bond motifs is 5. The number of benzene rings is 2. The lowest BCUT2D eigenvalue weighted by atomic mass is 10.1. The van der Waals surface area contributed by atoms with Gasteiger partial charge in [0, 0.05) is 17.0 Å². The predicted molar refractivity (Wildman–Crippen MR) is 104 cm³/mol. The van der Waals surface area contributed by atoms with Gasteiger partial charge in [-0.1, -0.05) is 22.7 Å². The summed E-state index contributed by atoms with van der Waals surface area (Å²) < 4.78 is 42.9. The molecule has 5 nitrogen and oxygen atoms in total. The quantitative estimate of drug-likeness (QED) is 0.345. The van der Waals surface area contributed by atoms with Crippen molar-refractivity contribution in [1.29, 1.82) is 0 Å². The van der Waals surface area contributed by atoms with Crippen molar-refractivity contribution in [3.05, 3.63) is 88.2 Å². The number of aromatic nitrogens is 5. The molecule has 0 bridgehead atoms. The van der Waals surface area contributed by atoms with Crippen LogP contribution in [0.2, 0.25) is 5.02 Å². The molecular weight excluding hydrogens is 415 g/mol. The highest BCUT2D eigenvalue weighted by atomic mass is 35.5. The maximum Gasteiger partial charge on any atom is 0.416 e. The fourth-order valence-corrected chi connectivity index (χ4v) is 3.47. The zero-order valence-electron chi connectivity index (χ0n) is 15.2. The van der Waals surface area contributed by atoms with Crippen LogP contribution < -0.4 is 0 Å². The van der Waals surface area contributed by atoms with Crippen molar-refractivity contribution in [1.82, 2.24) is 24.5 Å². The number of hydrogen-bond acceptors (Lipinski definition) is 3. The molecule has 3 heterocycles. The number of hydrogen-bond donors (Lipinski definition) is 0. The standard InChI is InChI=1S/C21H11ClF3N5/c22-15-5-1-13(2-6-15)3-7-17-19-10-16-11-27-28-30(16)20-9-14(21(23,24)25)4-8-18(20)29(19)12-26-17/h1-2,4-6,8-9,11-12H,10H2. The van der Waals surface area contributed by atoms with Gasteiger partial charge in [-0.15, -0.1) is 5.10 Å². The number of rotatable bonds is 0. The summed E-state index contributed by atoms with van der Waals surface area (Å²) in [7, 11) is 0. The third-order valence-electron chi connectivity index (χ3n) is 4.79. The molecule has 0 unspecified atom stereocenters. The monoisotopic (exact) mass is 425 g/mol. The Bertz CT molecular complexity index is 1320. The first-order chi connectivity index (χ1) is 14.4. The molecule has 2 aromatic heterocycles. The summed E-state index contributed by atoms with van der Waals surface area (Å²) in [5.41, 5.74) is 2.75. The van der Waals surface area contributed by atoms with Gasteiger partial charge < -0.3 is 0 Å². The molecule has 0 fully saturated rings. The minimum absolute atomic E-state index is 0.283. The van der Waals surface area contributed by atoms with Crippen molar-refractivity contribution >= 4 is 11.6 Å². The SMILES string of the molecule is FC(F)(F)c1ccc2c(c1)-n1nncc1Cc1c(C#Cc3ccc(Cl)cc3)ncn1-2. The fraction of sp³-hybridized carbons (Fsp3) is 0.0952. The second-order valence-electron chi connectivity index (χ2n) is 6.68. The maximum atomic E-state index is 13.3. The van der Waals surface area contributed by atoms with E-state index < -0.39 is 11.7 Å². The van der Waals surface area contributed by atoms with Gasteiger partial charge in [-0.25, -0.2) is 9.67 Å². The Morgan fingerprint density at radius 3 is 2.57 bits per heavy atom. The third kappa shape index (κ3) is 3.13. The maximum absolute atomic E-state index is 13.3. The van der Waals surface area contributed by atoms with Gasteiger partial charge in [0.05, 0.1) is 34.5 Å². The zero-order valence-corrected chi connectivity index (χ0v) is 15.9. The van der Waals surface area contributed by atoms with Crippen LogP contribution in [0.5, 0.6) is 0 Å². The van der Waals surface area contributed by atoms with Crippen LogP contribution in [0.1, 0.15) is 28.2 Å². The Labute approximate surface area is 173 Å². The number of nitrogens with zero attached hydrogens (tertiary/aromatic N) is 5. The summed E-state index contributed by atoms with van der Waals surface area (Å²) >= 11 is 5.90. The number of halogens is 4. The lowest BCUT2D eigenvalue weighted by Crippen LogP contribution is -2.09. The second-order valence-corrected chi connectivity index (χ2v) is 7.12. The molecule has 0 saturated carbocycles. The molecule has 4 aromatic rings. The molecule has 0 saturated heterocycles. The summed E-state index contributed by atoms with van der Waals surface area (Å²) in [6.07, 6.45) is -1.00. The van der Waals surface area contributed by atoms with Crippen LogP contribution in [-0.4, -0.2) is 24.5 Å². The predicted octanol–water partition coefficient (Wildman–Crippen LogP) is 4.43. The van der Waals surface area contributed by atoms with Crippen LogP contribution in [0, 0.1) is 11.8 Å². The molecule has 30 heavy (non-hydrogen) atoms. The minimum atomic E-state index is -4.46. The Hall–Kier alpha value is -3.57. The number of imidazole rings is 1. The van der Waals surface area contributed by atoms with Gasteiger partial charge in [-0.2, -0.15) is 13.2 Å². The summed E-state index contributed by atoms with van der Waals surface area (Å²) in [4.78, 5) is 4.39. The highest BCUT2D eigenvalue weighted by Gasteiger charge is 2.32. The molecule has 0 N–H and O–H groups in total. The molecule has 5 rings (SSSR count). The molecule has 9 heteroatoms. The van der Waals surface area contributed by atoms with Gasteiger partial charge in [0.15, 0.2) is 0 Å². The van der Waals surface area contributed by atoms with Crippen molar-refractivity contribution in [2.45, 2.75) is 12.6 Å². The molecule has 148 valence electrons. The Kier molecular flexibility index (Phi) is 4.15. The van der Waals surface area contributed by atoms with Crippen molar-refractivity contribution < 1.29 is 13.2 Å². The van der Waals surface area contributed by atoms with E-state index in [9.17, 15) is 13.2 Å². The van der Waals surface area contributed by atoms with Gasteiger partial charge in [-0.05, 0) is 48.4 Å². The van der Waals surface area contributed by atoms with E-state index in [0.29, 0.717) is 28.5 Å². The lowest BCUT2D eigenvalue weighted by molar-refractivity contribution is -0.137. The molecule has 1 aliphatic heterocycles. The third-order valence-corrected chi connectivity index (χ3v) is 5.05. The van der Waals surface area contributed by atoms with Gasteiger partial charge in [0.25, 0.3) is 0 Å². The first-order valence-electron chi connectivity index (χ1n) is 8.85. The first kappa shape index (κ1) is 18.5. The molecular formula is C21H11ClF3N5. The van der Waals surface area contributed by atoms with E-state index in [0.717, 1.165) is 23.4 Å². The molecule has 0 radical (unpaired) electrons. The largest absolute Gasteiger partial charge is 0.416 e. The molecule has 0 spiro atoms. The Morgan fingerprint density at radius 2 is 1.80 bits per heavy atom. The topological polar surface area (TPSA) is 48.5 Å². The van der Waals surface area contributed by atoms with E-state index in [-0.39, 0.29) is 5.69 Å².